The topological polar surface area (TPSA) is 53.1 Å². The van der Waals surface area contributed by atoms with E-state index in [1.54, 1.807) is 0 Å². The van der Waals surface area contributed by atoms with Crippen molar-refractivity contribution in [2.24, 2.45) is 0 Å². The Hall–Kier alpha value is -1.36. The molecule has 1 fully saturated rings. The second-order valence-corrected chi connectivity index (χ2v) is 4.31. The largest absolute Gasteiger partial charge is 0.370 e. The molecule has 0 saturated heterocycles. The molecule has 0 radical (unpaired) electrons. The van der Waals surface area contributed by atoms with Crippen molar-refractivity contribution >= 4 is 11.6 Å². The molecule has 1 aromatic rings. The van der Waals surface area contributed by atoms with Gasteiger partial charge >= 0.3 is 0 Å². The molecule has 0 amide bonds. The molecule has 0 unspecified atom stereocenters. The van der Waals surface area contributed by atoms with E-state index in [0.717, 1.165) is 24.0 Å². The summed E-state index contributed by atoms with van der Waals surface area (Å²) in [5.74, 6) is 3.30. The second kappa shape index (κ2) is 4.65. The Labute approximate surface area is 96.2 Å². The molecule has 88 valence electrons. The van der Waals surface area contributed by atoms with Crippen LogP contribution in [0.3, 0.4) is 0 Å². The summed E-state index contributed by atoms with van der Waals surface area (Å²) >= 11 is 0. The van der Waals surface area contributed by atoms with E-state index >= 15 is 0 Å². The van der Waals surface area contributed by atoms with Crippen molar-refractivity contribution in [2.45, 2.75) is 25.7 Å². The molecule has 5 heteroatoms. The summed E-state index contributed by atoms with van der Waals surface area (Å²) < 4.78 is 0. The van der Waals surface area contributed by atoms with Gasteiger partial charge in [0.2, 0.25) is 0 Å². The summed E-state index contributed by atoms with van der Waals surface area (Å²) in [6.45, 7) is 2.94. The van der Waals surface area contributed by atoms with Gasteiger partial charge < -0.3 is 10.7 Å². The first kappa shape index (κ1) is 11.1. The molecule has 2 N–H and O–H groups in total. The summed E-state index contributed by atoms with van der Waals surface area (Å²) in [5, 5.41) is 5.12. The SMILES string of the molecule is CCNc1cc(NN(C)C)nc(C2CC2)n1. The lowest BCUT2D eigenvalue weighted by molar-refractivity contribution is 0.491. The van der Waals surface area contributed by atoms with Crippen LogP contribution in [-0.2, 0) is 0 Å². The van der Waals surface area contributed by atoms with Gasteiger partial charge in [-0.05, 0) is 19.8 Å². The minimum atomic E-state index is 0.571. The van der Waals surface area contributed by atoms with Crippen molar-refractivity contribution in [1.82, 2.24) is 15.0 Å². The lowest BCUT2D eigenvalue weighted by Crippen LogP contribution is -2.21. The smallest absolute Gasteiger partial charge is 0.146 e. The first-order chi connectivity index (χ1) is 7.69. The predicted octanol–water partition coefficient (Wildman–Crippen LogP) is 1.67. The van der Waals surface area contributed by atoms with E-state index in [0.29, 0.717) is 5.92 Å². The average molecular weight is 221 g/mol. The van der Waals surface area contributed by atoms with Gasteiger partial charge in [0, 0.05) is 32.6 Å². The average Bonchev–Trinajstić information content (AvgIpc) is 2.99. The first-order valence-electron chi connectivity index (χ1n) is 5.76. The van der Waals surface area contributed by atoms with E-state index in [2.05, 4.69) is 27.6 Å². The zero-order valence-corrected chi connectivity index (χ0v) is 10.1. The number of hydrogen-bond donors (Lipinski definition) is 2. The van der Waals surface area contributed by atoms with E-state index in [1.165, 1.54) is 12.8 Å². The van der Waals surface area contributed by atoms with Gasteiger partial charge in [0.05, 0.1) is 0 Å². The number of nitrogens with zero attached hydrogens (tertiary/aromatic N) is 3. The molecule has 1 aliphatic rings. The fourth-order valence-electron chi connectivity index (χ4n) is 1.55. The third-order valence-electron chi connectivity index (χ3n) is 2.38. The molecule has 5 nitrogen and oxygen atoms in total. The molecule has 2 rings (SSSR count). The lowest BCUT2D eigenvalue weighted by atomic mass is 10.4. The first-order valence-corrected chi connectivity index (χ1v) is 5.76. The van der Waals surface area contributed by atoms with Gasteiger partial charge in [-0.1, -0.05) is 0 Å². The van der Waals surface area contributed by atoms with Crippen molar-refractivity contribution in [2.75, 3.05) is 31.4 Å². The number of aromatic nitrogens is 2. The van der Waals surface area contributed by atoms with Crippen molar-refractivity contribution in [3.63, 3.8) is 0 Å². The Morgan fingerprint density at radius 3 is 2.56 bits per heavy atom. The molecule has 1 aliphatic carbocycles. The quantitative estimate of drug-likeness (QED) is 0.741. The molecular weight excluding hydrogens is 202 g/mol. The number of hydrogen-bond acceptors (Lipinski definition) is 5. The fraction of sp³-hybridized carbons (Fsp3) is 0.636. The fourth-order valence-corrected chi connectivity index (χ4v) is 1.55. The molecule has 0 spiro atoms. The highest BCUT2D eigenvalue weighted by Crippen LogP contribution is 2.38. The summed E-state index contributed by atoms with van der Waals surface area (Å²) in [5.41, 5.74) is 3.17. The van der Waals surface area contributed by atoms with Gasteiger partial charge in [-0.15, -0.1) is 0 Å². The number of nitrogens with one attached hydrogen (secondary N) is 2. The van der Waals surface area contributed by atoms with Crippen LogP contribution < -0.4 is 10.7 Å². The Balaban J connectivity index is 2.21. The van der Waals surface area contributed by atoms with Crippen LogP contribution in [0.1, 0.15) is 31.5 Å². The van der Waals surface area contributed by atoms with Crippen molar-refractivity contribution in [3.05, 3.63) is 11.9 Å². The molecule has 0 aliphatic heterocycles. The van der Waals surface area contributed by atoms with Crippen LogP contribution in [0, 0.1) is 0 Å². The summed E-state index contributed by atoms with van der Waals surface area (Å²) in [6.07, 6.45) is 2.44. The van der Waals surface area contributed by atoms with Crippen molar-refractivity contribution < 1.29 is 0 Å². The summed E-state index contributed by atoms with van der Waals surface area (Å²) in [4.78, 5) is 9.03. The van der Waals surface area contributed by atoms with Crippen LogP contribution in [0.15, 0.2) is 6.07 Å². The van der Waals surface area contributed by atoms with Gasteiger partial charge in [-0.25, -0.2) is 15.0 Å². The van der Waals surface area contributed by atoms with Crippen LogP contribution >= 0.6 is 0 Å². The minimum absolute atomic E-state index is 0.571. The lowest BCUT2D eigenvalue weighted by Gasteiger charge is -2.14. The molecular formula is C11H19N5. The van der Waals surface area contributed by atoms with E-state index in [9.17, 15) is 0 Å². The van der Waals surface area contributed by atoms with Gasteiger partial charge in [0.1, 0.15) is 17.5 Å². The van der Waals surface area contributed by atoms with Crippen molar-refractivity contribution in [3.8, 4) is 0 Å². The predicted molar refractivity (Wildman–Crippen MR) is 65.5 cm³/mol. The van der Waals surface area contributed by atoms with Gasteiger partial charge in [0.15, 0.2) is 0 Å². The maximum absolute atomic E-state index is 4.51. The maximum Gasteiger partial charge on any atom is 0.146 e. The summed E-state index contributed by atoms with van der Waals surface area (Å²) in [6, 6.07) is 1.94. The minimum Gasteiger partial charge on any atom is -0.370 e. The Bertz CT molecular complexity index is 359. The van der Waals surface area contributed by atoms with Crippen LogP contribution in [0.25, 0.3) is 0 Å². The van der Waals surface area contributed by atoms with E-state index < -0.39 is 0 Å². The molecule has 0 bridgehead atoms. The number of hydrazine groups is 1. The van der Waals surface area contributed by atoms with E-state index in [1.807, 2.05) is 25.2 Å². The van der Waals surface area contributed by atoms with Gasteiger partial charge in [-0.2, -0.15) is 0 Å². The number of rotatable bonds is 5. The molecule has 1 heterocycles. The molecule has 1 saturated carbocycles. The standard InChI is InChI=1S/C11H19N5/c1-4-12-9-7-10(15-16(2)3)14-11(13-9)8-5-6-8/h7-8H,4-6H2,1-3H3,(H2,12,13,14,15). The molecule has 1 aromatic heterocycles. The zero-order chi connectivity index (χ0) is 11.5. The molecule has 16 heavy (non-hydrogen) atoms. The van der Waals surface area contributed by atoms with Crippen LogP contribution in [0.4, 0.5) is 11.6 Å². The van der Waals surface area contributed by atoms with Gasteiger partial charge in [0.25, 0.3) is 0 Å². The maximum atomic E-state index is 4.51. The highest BCUT2D eigenvalue weighted by molar-refractivity contribution is 5.47. The summed E-state index contributed by atoms with van der Waals surface area (Å²) in [7, 11) is 3.90. The Morgan fingerprint density at radius 2 is 2.00 bits per heavy atom. The Morgan fingerprint density at radius 1 is 1.31 bits per heavy atom. The highest BCUT2D eigenvalue weighted by atomic mass is 15.5. The highest BCUT2D eigenvalue weighted by Gasteiger charge is 2.27. The van der Waals surface area contributed by atoms with Crippen LogP contribution in [0.2, 0.25) is 0 Å². The second-order valence-electron chi connectivity index (χ2n) is 4.31. The van der Waals surface area contributed by atoms with Crippen molar-refractivity contribution in [1.29, 1.82) is 0 Å². The van der Waals surface area contributed by atoms with E-state index in [4.69, 9.17) is 0 Å². The zero-order valence-electron chi connectivity index (χ0n) is 10.1. The monoisotopic (exact) mass is 221 g/mol. The van der Waals surface area contributed by atoms with Gasteiger partial charge in [-0.3, -0.25) is 0 Å². The third-order valence-corrected chi connectivity index (χ3v) is 2.38. The van der Waals surface area contributed by atoms with E-state index in [-0.39, 0.29) is 0 Å². The Kier molecular flexibility index (Phi) is 3.24. The van der Waals surface area contributed by atoms with Crippen LogP contribution in [-0.4, -0.2) is 35.6 Å². The molecule has 0 atom stereocenters. The number of anilines is 2. The third kappa shape index (κ3) is 2.82. The van der Waals surface area contributed by atoms with Crippen LogP contribution in [0.5, 0.6) is 0 Å². The molecule has 0 aromatic carbocycles. The normalized spacial score (nSPS) is 15.2.